The van der Waals surface area contributed by atoms with Crippen LogP contribution in [0.15, 0.2) is 29.3 Å². The van der Waals surface area contributed by atoms with Crippen molar-refractivity contribution >= 4 is 41.6 Å². The first-order valence-corrected chi connectivity index (χ1v) is 9.47. The number of methoxy groups -OCH3 is 1. The molecule has 1 aliphatic rings. The highest BCUT2D eigenvalue weighted by atomic mass is 127. The minimum Gasteiger partial charge on any atom is -0.466 e. The van der Waals surface area contributed by atoms with Crippen LogP contribution >= 0.6 is 24.0 Å². The topological polar surface area (TPSA) is 106 Å². The summed E-state index contributed by atoms with van der Waals surface area (Å²) in [4.78, 5) is 29.2. The number of nitrogens with one attached hydrogen (secondary N) is 1. The number of carbonyl (C=O) groups excluding carboxylic acids is 1. The second-order valence-corrected chi connectivity index (χ2v) is 6.52. The Hall–Kier alpha value is -1.95. The molecule has 1 unspecified atom stereocenters. The van der Waals surface area contributed by atoms with Gasteiger partial charge in [-0.05, 0) is 25.3 Å². The summed E-state index contributed by atoms with van der Waals surface area (Å²) in [5.74, 6) is 0.366. The SMILES string of the molecule is CCOC(=O)C1CCCN(C(=NCc2ccc([N+](=O)[O-])cc2)NCCOC)C1.I. The van der Waals surface area contributed by atoms with E-state index in [0.29, 0.717) is 38.8 Å². The van der Waals surface area contributed by atoms with Gasteiger partial charge in [-0.15, -0.1) is 24.0 Å². The van der Waals surface area contributed by atoms with E-state index in [1.807, 2.05) is 6.92 Å². The summed E-state index contributed by atoms with van der Waals surface area (Å²) in [6.07, 6.45) is 1.69. The molecule has 0 radical (unpaired) electrons. The number of likely N-dealkylation sites (tertiary alicyclic amines) is 1. The highest BCUT2D eigenvalue weighted by Crippen LogP contribution is 2.18. The molecule has 1 aliphatic heterocycles. The van der Waals surface area contributed by atoms with Gasteiger partial charge in [0.15, 0.2) is 5.96 Å². The molecule has 1 fully saturated rings. The average Bonchev–Trinajstić information content (AvgIpc) is 2.71. The zero-order valence-electron chi connectivity index (χ0n) is 16.8. The fourth-order valence-corrected chi connectivity index (χ4v) is 3.04. The lowest BCUT2D eigenvalue weighted by Gasteiger charge is -2.34. The van der Waals surface area contributed by atoms with Crippen molar-refractivity contribution in [3.63, 3.8) is 0 Å². The molecule has 1 aromatic carbocycles. The van der Waals surface area contributed by atoms with E-state index in [-0.39, 0.29) is 41.6 Å². The van der Waals surface area contributed by atoms with E-state index in [9.17, 15) is 14.9 Å². The number of ether oxygens (including phenoxy) is 2. The molecule has 0 spiro atoms. The monoisotopic (exact) mass is 520 g/mol. The van der Waals surface area contributed by atoms with E-state index in [0.717, 1.165) is 24.9 Å². The lowest BCUT2D eigenvalue weighted by molar-refractivity contribution is -0.384. The summed E-state index contributed by atoms with van der Waals surface area (Å²) in [6, 6.07) is 6.35. The van der Waals surface area contributed by atoms with Gasteiger partial charge in [-0.2, -0.15) is 0 Å². The molecule has 1 heterocycles. The number of carbonyl (C=O) groups is 1. The van der Waals surface area contributed by atoms with Crippen LogP contribution in [0.5, 0.6) is 0 Å². The van der Waals surface area contributed by atoms with Crippen LogP contribution in [0, 0.1) is 16.0 Å². The lowest BCUT2D eigenvalue weighted by atomic mass is 9.98. The number of guanidine groups is 1. The predicted octanol–water partition coefficient (Wildman–Crippen LogP) is 2.58. The van der Waals surface area contributed by atoms with Crippen LogP contribution < -0.4 is 5.32 Å². The molecule has 0 aliphatic carbocycles. The van der Waals surface area contributed by atoms with E-state index in [4.69, 9.17) is 9.47 Å². The van der Waals surface area contributed by atoms with Gasteiger partial charge >= 0.3 is 5.97 Å². The smallest absolute Gasteiger partial charge is 0.310 e. The van der Waals surface area contributed by atoms with Crippen LogP contribution in [0.1, 0.15) is 25.3 Å². The number of nitrogens with zero attached hydrogens (tertiary/aromatic N) is 3. The van der Waals surface area contributed by atoms with Crippen molar-refractivity contribution < 1.29 is 19.2 Å². The van der Waals surface area contributed by atoms with E-state index < -0.39 is 4.92 Å². The summed E-state index contributed by atoms with van der Waals surface area (Å²) >= 11 is 0. The molecule has 0 amide bonds. The van der Waals surface area contributed by atoms with Crippen LogP contribution in [0.4, 0.5) is 5.69 Å². The van der Waals surface area contributed by atoms with Crippen molar-refractivity contribution in [2.45, 2.75) is 26.3 Å². The minimum absolute atomic E-state index is 0. The molecule has 2 rings (SSSR count). The Balaban J connectivity index is 0.00000420. The molecule has 9 nitrogen and oxygen atoms in total. The Kier molecular flexibility index (Phi) is 11.5. The Labute approximate surface area is 188 Å². The highest BCUT2D eigenvalue weighted by molar-refractivity contribution is 14.0. The Morgan fingerprint density at radius 1 is 1.38 bits per heavy atom. The summed E-state index contributed by atoms with van der Waals surface area (Å²) in [5, 5.41) is 14.0. The maximum atomic E-state index is 12.1. The third-order valence-electron chi connectivity index (χ3n) is 4.49. The first-order valence-electron chi connectivity index (χ1n) is 9.47. The molecule has 0 bridgehead atoms. The van der Waals surface area contributed by atoms with Crippen molar-refractivity contribution in [1.82, 2.24) is 10.2 Å². The molecule has 1 saturated heterocycles. The quantitative estimate of drug-likeness (QED) is 0.107. The maximum absolute atomic E-state index is 12.1. The van der Waals surface area contributed by atoms with Crippen LogP contribution in [0.2, 0.25) is 0 Å². The Bertz CT molecular complexity index is 684. The molecule has 1 aromatic rings. The van der Waals surface area contributed by atoms with Crippen molar-refractivity contribution in [1.29, 1.82) is 0 Å². The molecular weight excluding hydrogens is 491 g/mol. The second kappa shape index (κ2) is 13.3. The first-order chi connectivity index (χ1) is 13.5. The number of piperidine rings is 1. The van der Waals surface area contributed by atoms with Crippen LogP contribution in [0.3, 0.4) is 0 Å². The third kappa shape index (κ3) is 8.13. The number of hydrogen-bond acceptors (Lipinski definition) is 6. The van der Waals surface area contributed by atoms with E-state index in [1.54, 1.807) is 19.2 Å². The predicted molar refractivity (Wildman–Crippen MR) is 120 cm³/mol. The van der Waals surface area contributed by atoms with E-state index in [1.165, 1.54) is 12.1 Å². The first kappa shape index (κ1) is 25.1. The van der Waals surface area contributed by atoms with Crippen molar-refractivity contribution in [3.8, 4) is 0 Å². The van der Waals surface area contributed by atoms with E-state index in [2.05, 4.69) is 15.2 Å². The van der Waals surface area contributed by atoms with Gasteiger partial charge in [0.1, 0.15) is 0 Å². The normalized spacial score (nSPS) is 16.7. The second-order valence-electron chi connectivity index (χ2n) is 6.52. The molecule has 1 atom stereocenters. The molecular formula is C19H29IN4O5. The van der Waals surface area contributed by atoms with Crippen LogP contribution in [0.25, 0.3) is 0 Å². The third-order valence-corrected chi connectivity index (χ3v) is 4.49. The number of esters is 1. The number of hydrogen-bond donors (Lipinski definition) is 1. The summed E-state index contributed by atoms with van der Waals surface area (Å²) in [7, 11) is 1.63. The van der Waals surface area contributed by atoms with Gasteiger partial charge in [0.25, 0.3) is 5.69 Å². The fraction of sp³-hybridized carbons (Fsp3) is 0.579. The molecule has 29 heavy (non-hydrogen) atoms. The van der Waals surface area contributed by atoms with Gasteiger partial charge in [0.05, 0.1) is 30.6 Å². The van der Waals surface area contributed by atoms with Crippen molar-refractivity contribution in [2.24, 2.45) is 10.9 Å². The van der Waals surface area contributed by atoms with E-state index >= 15 is 0 Å². The number of rotatable bonds is 8. The molecule has 0 aromatic heterocycles. The minimum atomic E-state index is -0.423. The van der Waals surface area contributed by atoms with Gasteiger partial charge in [0, 0.05) is 38.9 Å². The molecule has 10 heteroatoms. The average molecular weight is 520 g/mol. The Morgan fingerprint density at radius 3 is 2.72 bits per heavy atom. The number of non-ortho nitro benzene ring substituents is 1. The molecule has 162 valence electrons. The largest absolute Gasteiger partial charge is 0.466 e. The number of benzene rings is 1. The maximum Gasteiger partial charge on any atom is 0.310 e. The fourth-order valence-electron chi connectivity index (χ4n) is 3.04. The Morgan fingerprint density at radius 2 is 2.10 bits per heavy atom. The number of nitro groups is 1. The van der Waals surface area contributed by atoms with Gasteiger partial charge in [-0.25, -0.2) is 4.99 Å². The van der Waals surface area contributed by atoms with Crippen LogP contribution in [-0.2, 0) is 20.8 Å². The number of aliphatic imine (C=N–C) groups is 1. The number of halogens is 1. The van der Waals surface area contributed by atoms with Crippen LogP contribution in [-0.4, -0.2) is 61.7 Å². The lowest BCUT2D eigenvalue weighted by Crippen LogP contribution is -2.49. The van der Waals surface area contributed by atoms with Crippen molar-refractivity contribution in [2.75, 3.05) is 40.0 Å². The van der Waals surface area contributed by atoms with Gasteiger partial charge in [-0.1, -0.05) is 12.1 Å². The standard InChI is InChI=1S/C19H28N4O5.HI/c1-3-28-18(24)16-5-4-11-22(14-16)19(20-10-12-27-2)21-13-15-6-8-17(9-7-15)23(25)26;/h6-9,16H,3-5,10-14H2,1-2H3,(H,20,21);1H. The summed E-state index contributed by atoms with van der Waals surface area (Å²) < 4.78 is 10.3. The van der Waals surface area contributed by atoms with Crippen molar-refractivity contribution in [3.05, 3.63) is 39.9 Å². The molecule has 1 N–H and O–H groups in total. The highest BCUT2D eigenvalue weighted by Gasteiger charge is 2.28. The summed E-state index contributed by atoms with van der Waals surface area (Å²) in [6.45, 7) is 5.05. The summed E-state index contributed by atoms with van der Waals surface area (Å²) in [5.41, 5.74) is 0.926. The molecule has 0 saturated carbocycles. The number of nitro benzene ring substituents is 1. The zero-order chi connectivity index (χ0) is 20.4. The van der Waals surface area contributed by atoms with Gasteiger partial charge < -0.3 is 19.7 Å². The zero-order valence-corrected chi connectivity index (χ0v) is 19.2. The van der Waals surface area contributed by atoms with Gasteiger partial charge in [-0.3, -0.25) is 14.9 Å². The van der Waals surface area contributed by atoms with Gasteiger partial charge in [0.2, 0.25) is 0 Å².